The van der Waals surface area contributed by atoms with Crippen molar-refractivity contribution < 1.29 is 14.3 Å². The summed E-state index contributed by atoms with van der Waals surface area (Å²) in [5.41, 5.74) is 2.84. The third-order valence-corrected chi connectivity index (χ3v) is 7.63. The molecule has 32 heavy (non-hydrogen) atoms. The van der Waals surface area contributed by atoms with Gasteiger partial charge in [-0.3, -0.25) is 14.6 Å². The molecule has 1 amide bonds. The third-order valence-electron chi connectivity index (χ3n) is 6.19. The van der Waals surface area contributed by atoms with Crippen LogP contribution in [-0.4, -0.2) is 61.5 Å². The Kier molecular flexibility index (Phi) is 7.84. The summed E-state index contributed by atoms with van der Waals surface area (Å²) in [6.07, 6.45) is 5.21. The standard InChI is InChI=1S/C24H30ClN3O3S/c1-31-24(30)22-19-8-3-2-4-9-20(19)32-23(22)26-21(29)16-28-12-10-27(11-13-28)15-17-6-5-7-18(25)14-17/h5-7,14H,2-4,8-13,15-16H2,1H3,(H,26,29). The number of benzene rings is 1. The minimum atomic E-state index is -0.352. The first kappa shape index (κ1) is 23.2. The summed E-state index contributed by atoms with van der Waals surface area (Å²) in [7, 11) is 1.40. The fourth-order valence-corrected chi connectivity index (χ4v) is 6.02. The van der Waals surface area contributed by atoms with Crippen molar-refractivity contribution in [3.63, 3.8) is 0 Å². The van der Waals surface area contributed by atoms with Crippen LogP contribution in [0.3, 0.4) is 0 Å². The van der Waals surface area contributed by atoms with E-state index in [-0.39, 0.29) is 11.9 Å². The van der Waals surface area contributed by atoms with Crippen LogP contribution in [-0.2, 0) is 28.9 Å². The van der Waals surface area contributed by atoms with Crippen LogP contribution in [0.15, 0.2) is 24.3 Å². The first-order valence-corrected chi connectivity index (χ1v) is 12.4. The Morgan fingerprint density at radius 1 is 1.09 bits per heavy atom. The highest BCUT2D eigenvalue weighted by atomic mass is 35.5. The van der Waals surface area contributed by atoms with E-state index in [1.165, 1.54) is 24.0 Å². The van der Waals surface area contributed by atoms with Crippen LogP contribution in [0.5, 0.6) is 0 Å². The van der Waals surface area contributed by atoms with Gasteiger partial charge < -0.3 is 10.1 Å². The maximum absolute atomic E-state index is 12.8. The number of carbonyl (C=O) groups excluding carboxylic acids is 2. The van der Waals surface area contributed by atoms with Gasteiger partial charge in [0.25, 0.3) is 0 Å². The van der Waals surface area contributed by atoms with Gasteiger partial charge in [-0.05, 0) is 48.9 Å². The normalized spacial score (nSPS) is 17.4. The Labute approximate surface area is 198 Å². The zero-order valence-electron chi connectivity index (χ0n) is 18.5. The van der Waals surface area contributed by atoms with Crippen LogP contribution in [0.4, 0.5) is 5.00 Å². The quantitative estimate of drug-likeness (QED) is 0.501. The lowest BCUT2D eigenvalue weighted by Gasteiger charge is -2.34. The zero-order chi connectivity index (χ0) is 22.5. The predicted molar refractivity (Wildman–Crippen MR) is 129 cm³/mol. The summed E-state index contributed by atoms with van der Waals surface area (Å²) in [5.74, 6) is -0.427. The SMILES string of the molecule is COC(=O)c1c(NC(=O)CN2CCN(Cc3cccc(Cl)c3)CC2)sc2c1CCCCC2. The van der Waals surface area contributed by atoms with E-state index in [1.54, 1.807) is 11.3 Å². The monoisotopic (exact) mass is 475 g/mol. The summed E-state index contributed by atoms with van der Waals surface area (Å²) in [6.45, 7) is 4.66. The number of carbonyl (C=O) groups is 2. The van der Waals surface area contributed by atoms with Crippen molar-refractivity contribution in [3.8, 4) is 0 Å². The molecule has 1 saturated heterocycles. The van der Waals surface area contributed by atoms with E-state index in [2.05, 4.69) is 21.2 Å². The number of hydrogen-bond acceptors (Lipinski definition) is 6. The van der Waals surface area contributed by atoms with Crippen LogP contribution in [0.25, 0.3) is 0 Å². The van der Waals surface area contributed by atoms with Crippen LogP contribution in [0.2, 0.25) is 5.02 Å². The highest BCUT2D eigenvalue weighted by Gasteiger charge is 2.27. The number of halogens is 1. The Morgan fingerprint density at radius 2 is 1.84 bits per heavy atom. The molecule has 1 aromatic carbocycles. The van der Waals surface area contributed by atoms with Gasteiger partial charge in [-0.25, -0.2) is 4.79 Å². The predicted octanol–water partition coefficient (Wildman–Crippen LogP) is 4.21. The van der Waals surface area contributed by atoms with E-state index < -0.39 is 0 Å². The van der Waals surface area contributed by atoms with Gasteiger partial charge in [-0.1, -0.05) is 30.2 Å². The van der Waals surface area contributed by atoms with Gasteiger partial charge in [0.15, 0.2) is 0 Å². The zero-order valence-corrected chi connectivity index (χ0v) is 20.1. The number of thiophene rings is 1. The van der Waals surface area contributed by atoms with Crippen molar-refractivity contribution in [2.24, 2.45) is 0 Å². The van der Waals surface area contributed by atoms with Crippen molar-refractivity contribution in [1.82, 2.24) is 9.80 Å². The van der Waals surface area contributed by atoms with Gasteiger partial charge in [0.1, 0.15) is 5.00 Å². The second-order valence-corrected chi connectivity index (χ2v) is 10.0. The molecule has 1 aliphatic carbocycles. The largest absolute Gasteiger partial charge is 0.465 e. The van der Waals surface area contributed by atoms with Gasteiger partial charge in [-0.2, -0.15) is 0 Å². The number of anilines is 1. The second-order valence-electron chi connectivity index (χ2n) is 8.49. The third kappa shape index (κ3) is 5.70. The molecule has 2 aromatic rings. The van der Waals surface area contributed by atoms with Gasteiger partial charge in [0, 0.05) is 42.6 Å². The lowest BCUT2D eigenvalue weighted by atomic mass is 10.1. The van der Waals surface area contributed by atoms with Gasteiger partial charge in [0.2, 0.25) is 5.91 Å². The van der Waals surface area contributed by atoms with E-state index >= 15 is 0 Å². The van der Waals surface area contributed by atoms with Crippen LogP contribution in [0.1, 0.15) is 45.6 Å². The molecule has 2 aliphatic rings. The average Bonchev–Trinajstić information content (AvgIpc) is 2.94. The van der Waals surface area contributed by atoms with Crippen molar-refractivity contribution >= 4 is 39.8 Å². The Bertz CT molecular complexity index is 969. The highest BCUT2D eigenvalue weighted by molar-refractivity contribution is 7.17. The summed E-state index contributed by atoms with van der Waals surface area (Å²) in [6, 6.07) is 7.96. The molecule has 0 bridgehead atoms. The first-order valence-electron chi connectivity index (χ1n) is 11.3. The molecule has 172 valence electrons. The number of rotatable bonds is 6. The minimum absolute atomic E-state index is 0.0742. The van der Waals surface area contributed by atoms with Crippen molar-refractivity contribution in [2.45, 2.75) is 38.6 Å². The fraction of sp³-hybridized carbons (Fsp3) is 0.500. The summed E-state index contributed by atoms with van der Waals surface area (Å²) >= 11 is 7.63. The molecule has 6 nitrogen and oxygen atoms in total. The van der Waals surface area contributed by atoms with Crippen LogP contribution in [0, 0.1) is 0 Å². The molecule has 4 rings (SSSR count). The first-order chi connectivity index (χ1) is 15.5. The summed E-state index contributed by atoms with van der Waals surface area (Å²) in [5, 5.41) is 4.42. The number of methoxy groups -OCH3 is 1. The second kappa shape index (κ2) is 10.8. The lowest BCUT2D eigenvalue weighted by Crippen LogP contribution is -2.48. The highest BCUT2D eigenvalue weighted by Crippen LogP contribution is 2.38. The van der Waals surface area contributed by atoms with E-state index in [4.69, 9.17) is 16.3 Å². The fourth-order valence-electron chi connectivity index (χ4n) is 4.52. The number of ether oxygens (including phenoxy) is 1. The number of piperazine rings is 1. The molecular weight excluding hydrogens is 446 g/mol. The Morgan fingerprint density at radius 3 is 2.59 bits per heavy atom. The molecule has 0 atom stereocenters. The number of aryl methyl sites for hydroxylation is 1. The Balaban J connectivity index is 1.33. The number of esters is 1. The lowest BCUT2D eigenvalue weighted by molar-refractivity contribution is -0.117. The molecule has 0 radical (unpaired) electrons. The molecule has 0 saturated carbocycles. The molecule has 1 aliphatic heterocycles. The number of fused-ring (bicyclic) bond motifs is 1. The van der Waals surface area contributed by atoms with Crippen molar-refractivity contribution in [3.05, 3.63) is 50.9 Å². The van der Waals surface area contributed by atoms with Crippen LogP contribution < -0.4 is 5.32 Å². The van der Waals surface area contributed by atoms with E-state index in [0.29, 0.717) is 17.1 Å². The number of nitrogens with zero attached hydrogens (tertiary/aromatic N) is 2. The number of amides is 1. The van der Waals surface area contributed by atoms with Crippen molar-refractivity contribution in [1.29, 1.82) is 0 Å². The van der Waals surface area contributed by atoms with Gasteiger partial charge in [0.05, 0.1) is 19.2 Å². The van der Waals surface area contributed by atoms with E-state index in [9.17, 15) is 9.59 Å². The number of hydrogen-bond donors (Lipinski definition) is 1. The molecule has 1 N–H and O–H groups in total. The maximum atomic E-state index is 12.8. The van der Waals surface area contributed by atoms with Crippen LogP contribution >= 0.6 is 22.9 Å². The molecule has 1 aromatic heterocycles. The van der Waals surface area contributed by atoms with Crippen molar-refractivity contribution in [2.75, 3.05) is 45.2 Å². The molecule has 8 heteroatoms. The molecule has 0 unspecified atom stereocenters. The molecular formula is C24H30ClN3O3S. The molecule has 1 fully saturated rings. The topological polar surface area (TPSA) is 61.9 Å². The summed E-state index contributed by atoms with van der Waals surface area (Å²) in [4.78, 5) is 31.0. The smallest absolute Gasteiger partial charge is 0.341 e. The maximum Gasteiger partial charge on any atom is 0.341 e. The average molecular weight is 476 g/mol. The van der Waals surface area contributed by atoms with Gasteiger partial charge in [-0.15, -0.1) is 11.3 Å². The van der Waals surface area contributed by atoms with E-state index in [0.717, 1.165) is 69.0 Å². The number of nitrogens with one attached hydrogen (secondary N) is 1. The molecule has 0 spiro atoms. The minimum Gasteiger partial charge on any atom is -0.465 e. The summed E-state index contributed by atoms with van der Waals surface area (Å²) < 4.78 is 5.03. The molecule has 2 heterocycles. The Hall–Kier alpha value is -1.93. The van der Waals surface area contributed by atoms with Gasteiger partial charge >= 0.3 is 5.97 Å². The van der Waals surface area contributed by atoms with E-state index in [1.807, 2.05) is 18.2 Å².